The van der Waals surface area contributed by atoms with Gasteiger partial charge in [0.15, 0.2) is 17.5 Å². The highest BCUT2D eigenvalue weighted by Crippen LogP contribution is 2.32. The number of halogens is 4. The van der Waals surface area contributed by atoms with Gasteiger partial charge in [0.2, 0.25) is 0 Å². The minimum Gasteiger partial charge on any atom is -0.490 e. The van der Waals surface area contributed by atoms with Crippen molar-refractivity contribution in [3.8, 4) is 11.5 Å². The lowest BCUT2D eigenvalue weighted by Crippen LogP contribution is -2.42. The molecule has 1 atom stereocenters. The third-order valence-corrected chi connectivity index (χ3v) is 4.34. The molecule has 0 amide bonds. The molecule has 2 aliphatic heterocycles. The molecule has 2 N–H and O–H groups in total. The van der Waals surface area contributed by atoms with Gasteiger partial charge in [-0.15, -0.1) is 24.0 Å². The molecule has 10 heteroatoms. The van der Waals surface area contributed by atoms with E-state index in [-0.39, 0.29) is 30.0 Å². The van der Waals surface area contributed by atoms with Crippen LogP contribution in [0.15, 0.2) is 23.2 Å². The van der Waals surface area contributed by atoms with Gasteiger partial charge in [0.05, 0.1) is 19.8 Å². The number of hydrogen-bond acceptors (Lipinski definition) is 4. The zero-order valence-corrected chi connectivity index (χ0v) is 18.0. The number of guanidine groups is 1. The molecule has 1 saturated heterocycles. The van der Waals surface area contributed by atoms with E-state index in [9.17, 15) is 13.2 Å². The number of hydrogen-bond donors (Lipinski definition) is 2. The zero-order chi connectivity index (χ0) is 19.3. The summed E-state index contributed by atoms with van der Waals surface area (Å²) in [5.74, 6) is 1.93. The average molecular weight is 514 g/mol. The number of anilines is 1. The number of ether oxygens (including phenoxy) is 2. The highest BCUT2D eigenvalue weighted by molar-refractivity contribution is 14.0. The second-order valence-electron chi connectivity index (χ2n) is 6.64. The van der Waals surface area contributed by atoms with E-state index in [1.165, 1.54) is 4.90 Å². The first-order valence-electron chi connectivity index (χ1n) is 9.19. The fourth-order valence-electron chi connectivity index (χ4n) is 3.20. The molecule has 0 aliphatic carbocycles. The summed E-state index contributed by atoms with van der Waals surface area (Å²) in [4.78, 5) is 5.81. The number of benzene rings is 1. The number of aliphatic imine (C=N–C) groups is 1. The van der Waals surface area contributed by atoms with Crippen LogP contribution in [0.25, 0.3) is 0 Å². The molecule has 0 aromatic heterocycles. The lowest BCUT2D eigenvalue weighted by atomic mass is 10.2. The highest BCUT2D eigenvalue weighted by Gasteiger charge is 2.34. The van der Waals surface area contributed by atoms with Crippen molar-refractivity contribution in [1.82, 2.24) is 10.2 Å². The Kier molecular flexibility index (Phi) is 8.47. The molecule has 0 radical (unpaired) electrons. The van der Waals surface area contributed by atoms with Crippen molar-refractivity contribution in [2.24, 2.45) is 4.99 Å². The molecule has 2 aliphatic rings. The Balaban J connectivity index is 0.00000280. The Morgan fingerprint density at radius 1 is 1.25 bits per heavy atom. The Hall–Kier alpha value is -1.43. The summed E-state index contributed by atoms with van der Waals surface area (Å²) in [7, 11) is 0. The van der Waals surface area contributed by atoms with Gasteiger partial charge in [0.1, 0.15) is 0 Å². The predicted molar refractivity (Wildman–Crippen MR) is 113 cm³/mol. The normalized spacial score (nSPS) is 20.3. The quantitative estimate of drug-likeness (QED) is 0.366. The van der Waals surface area contributed by atoms with Crippen LogP contribution in [0.1, 0.15) is 19.8 Å². The van der Waals surface area contributed by atoms with Crippen molar-refractivity contribution in [2.45, 2.75) is 32.0 Å². The van der Waals surface area contributed by atoms with Gasteiger partial charge < -0.3 is 20.1 Å². The summed E-state index contributed by atoms with van der Waals surface area (Å²) >= 11 is 0. The Morgan fingerprint density at radius 2 is 2.00 bits per heavy atom. The van der Waals surface area contributed by atoms with Crippen molar-refractivity contribution >= 4 is 35.6 Å². The number of nitrogens with zero attached hydrogens (tertiary/aromatic N) is 2. The number of rotatable bonds is 4. The lowest BCUT2D eigenvalue weighted by Gasteiger charge is -2.20. The first kappa shape index (κ1) is 22.9. The molecule has 1 unspecified atom stereocenters. The topological polar surface area (TPSA) is 58.1 Å². The van der Waals surface area contributed by atoms with E-state index in [1.807, 2.05) is 25.1 Å². The molecule has 0 bridgehead atoms. The fraction of sp³-hybridized carbons (Fsp3) is 0.611. The highest BCUT2D eigenvalue weighted by atomic mass is 127. The predicted octanol–water partition coefficient (Wildman–Crippen LogP) is 3.48. The molecule has 2 heterocycles. The van der Waals surface area contributed by atoms with Crippen molar-refractivity contribution in [2.75, 3.05) is 44.7 Å². The summed E-state index contributed by atoms with van der Waals surface area (Å²) in [6.45, 7) is 3.56. The van der Waals surface area contributed by atoms with Gasteiger partial charge in [-0.05, 0) is 25.5 Å². The van der Waals surface area contributed by atoms with E-state index in [0.29, 0.717) is 56.7 Å². The number of nitrogens with one attached hydrogen (secondary N) is 2. The standard InChI is InChI=1S/C18H25F3N4O2.HI/c1-2-22-17(24-14-6-7-25(11-14)12-18(19,20)21)23-13-4-5-15-16(10-13)27-9-3-8-26-15;/h4-5,10,14H,2-3,6-9,11-12H2,1H3,(H2,22,23,24);1H. The van der Waals surface area contributed by atoms with Crippen LogP contribution < -0.4 is 20.1 Å². The summed E-state index contributed by atoms with van der Waals surface area (Å²) in [6.07, 6.45) is -2.70. The third kappa shape index (κ3) is 6.87. The molecular weight excluding hydrogens is 488 g/mol. The average Bonchev–Trinajstić information content (AvgIpc) is 2.88. The molecule has 3 rings (SSSR count). The number of fused-ring (bicyclic) bond motifs is 1. The Morgan fingerprint density at radius 3 is 2.71 bits per heavy atom. The fourth-order valence-corrected chi connectivity index (χ4v) is 3.20. The van der Waals surface area contributed by atoms with Crippen molar-refractivity contribution in [1.29, 1.82) is 0 Å². The molecule has 0 saturated carbocycles. The van der Waals surface area contributed by atoms with Crippen LogP contribution in [-0.4, -0.2) is 62.5 Å². The second kappa shape index (κ2) is 10.4. The zero-order valence-electron chi connectivity index (χ0n) is 15.7. The molecule has 1 aromatic rings. The van der Waals surface area contributed by atoms with Gasteiger partial charge in [-0.25, -0.2) is 0 Å². The van der Waals surface area contributed by atoms with E-state index >= 15 is 0 Å². The van der Waals surface area contributed by atoms with Gasteiger partial charge >= 0.3 is 6.18 Å². The summed E-state index contributed by atoms with van der Waals surface area (Å²) in [5.41, 5.74) is 0.782. The van der Waals surface area contributed by atoms with Crippen molar-refractivity contribution < 1.29 is 22.6 Å². The largest absolute Gasteiger partial charge is 0.490 e. The van der Waals surface area contributed by atoms with Crippen LogP contribution in [0.4, 0.5) is 18.9 Å². The smallest absolute Gasteiger partial charge is 0.401 e. The van der Waals surface area contributed by atoms with Gasteiger partial charge in [-0.3, -0.25) is 9.89 Å². The maximum Gasteiger partial charge on any atom is 0.401 e. The third-order valence-electron chi connectivity index (χ3n) is 4.34. The van der Waals surface area contributed by atoms with Crippen LogP contribution in [0.3, 0.4) is 0 Å². The Labute approximate surface area is 179 Å². The summed E-state index contributed by atoms with van der Waals surface area (Å²) < 4.78 is 49.0. The van der Waals surface area contributed by atoms with E-state index < -0.39 is 12.7 Å². The minimum absolute atomic E-state index is 0. The molecule has 1 fully saturated rings. The Bertz CT molecular complexity index is 673. The summed E-state index contributed by atoms with van der Waals surface area (Å²) in [6, 6.07) is 5.47. The van der Waals surface area contributed by atoms with E-state index in [0.717, 1.165) is 12.1 Å². The van der Waals surface area contributed by atoms with Crippen LogP contribution in [-0.2, 0) is 0 Å². The van der Waals surface area contributed by atoms with Crippen LogP contribution in [0, 0.1) is 0 Å². The summed E-state index contributed by atoms with van der Waals surface area (Å²) in [5, 5.41) is 6.43. The SMILES string of the molecule is CCN=C(Nc1ccc2c(c1)OCCCO2)NC1CCN(CC(F)(F)F)C1.I. The molecule has 158 valence electrons. The van der Waals surface area contributed by atoms with Crippen LogP contribution in [0.5, 0.6) is 11.5 Å². The van der Waals surface area contributed by atoms with Gasteiger partial charge in [0.25, 0.3) is 0 Å². The first-order chi connectivity index (χ1) is 12.9. The second-order valence-corrected chi connectivity index (χ2v) is 6.64. The lowest BCUT2D eigenvalue weighted by molar-refractivity contribution is -0.143. The number of likely N-dealkylation sites (tertiary alicyclic amines) is 1. The molecule has 28 heavy (non-hydrogen) atoms. The van der Waals surface area contributed by atoms with Gasteiger partial charge in [-0.1, -0.05) is 0 Å². The van der Waals surface area contributed by atoms with E-state index in [1.54, 1.807) is 0 Å². The molecular formula is C18H26F3IN4O2. The van der Waals surface area contributed by atoms with Gasteiger partial charge in [0, 0.05) is 43.9 Å². The van der Waals surface area contributed by atoms with Crippen molar-refractivity contribution in [3.63, 3.8) is 0 Å². The molecule has 0 spiro atoms. The maximum atomic E-state index is 12.6. The van der Waals surface area contributed by atoms with Gasteiger partial charge in [-0.2, -0.15) is 13.2 Å². The minimum atomic E-state index is -4.17. The maximum absolute atomic E-state index is 12.6. The van der Waals surface area contributed by atoms with E-state index in [4.69, 9.17) is 9.47 Å². The first-order valence-corrected chi connectivity index (χ1v) is 9.19. The molecule has 1 aromatic carbocycles. The van der Waals surface area contributed by atoms with Crippen LogP contribution in [0.2, 0.25) is 0 Å². The van der Waals surface area contributed by atoms with E-state index in [2.05, 4.69) is 15.6 Å². The number of alkyl halides is 3. The monoisotopic (exact) mass is 514 g/mol. The van der Waals surface area contributed by atoms with Crippen molar-refractivity contribution in [3.05, 3.63) is 18.2 Å². The van der Waals surface area contributed by atoms with Crippen LogP contribution >= 0.6 is 24.0 Å². The molecule has 6 nitrogen and oxygen atoms in total.